The van der Waals surface area contributed by atoms with Gasteiger partial charge in [-0.2, -0.15) is 0 Å². The summed E-state index contributed by atoms with van der Waals surface area (Å²) >= 11 is 0. The number of unbranched alkanes of at least 4 members (excludes halogenated alkanes) is 4. The van der Waals surface area contributed by atoms with E-state index in [-0.39, 0.29) is 23.3 Å². The Balaban J connectivity index is 1.69. The van der Waals surface area contributed by atoms with Crippen LogP contribution < -0.4 is 0 Å². The zero-order valence-electron chi connectivity index (χ0n) is 22.9. The van der Waals surface area contributed by atoms with Gasteiger partial charge in [-0.1, -0.05) is 32.6 Å². The number of ether oxygens (including phenoxy) is 1. The second-order valence-corrected chi connectivity index (χ2v) is 9.99. The monoisotopic (exact) mass is 527 g/mol. The smallest absolute Gasteiger partial charge is 0.305 e. The summed E-state index contributed by atoms with van der Waals surface area (Å²) in [5.41, 5.74) is 3.61. The summed E-state index contributed by atoms with van der Waals surface area (Å²) in [7, 11) is 0. The predicted molar refractivity (Wildman–Crippen MR) is 155 cm³/mol. The number of hydrogen-bond donors (Lipinski definition) is 1. The molecule has 0 aliphatic rings. The van der Waals surface area contributed by atoms with E-state index in [1.807, 2.05) is 30.3 Å². The number of fused-ring (bicyclic) bond motifs is 3. The summed E-state index contributed by atoms with van der Waals surface area (Å²) in [5.74, 6) is -0.116. The summed E-state index contributed by atoms with van der Waals surface area (Å²) in [6.45, 7) is 4.94. The van der Waals surface area contributed by atoms with Crippen LogP contribution in [0.2, 0.25) is 0 Å². The van der Waals surface area contributed by atoms with Crippen molar-refractivity contribution in [2.45, 2.75) is 71.8 Å². The van der Waals surface area contributed by atoms with Crippen LogP contribution in [-0.2, 0) is 16.1 Å². The van der Waals surface area contributed by atoms with Crippen LogP contribution in [0.1, 0.15) is 91.5 Å². The predicted octanol–water partition coefficient (Wildman–Crippen LogP) is 7.62. The Morgan fingerprint density at radius 3 is 2.00 bits per heavy atom. The number of phenolic OH excluding ortho intramolecular Hbond substituents is 1. The number of aromatic hydroxyl groups is 1. The minimum atomic E-state index is -0.216. The number of nitrogens with zero attached hydrogens (tertiary/aromatic N) is 1. The van der Waals surface area contributed by atoms with Crippen LogP contribution in [0.15, 0.2) is 60.7 Å². The quantitative estimate of drug-likeness (QED) is 0.104. The third-order valence-corrected chi connectivity index (χ3v) is 7.15. The lowest BCUT2D eigenvalue weighted by atomic mass is 9.99. The van der Waals surface area contributed by atoms with Crippen LogP contribution in [0.5, 0.6) is 5.75 Å². The average molecular weight is 528 g/mol. The van der Waals surface area contributed by atoms with E-state index in [1.165, 1.54) is 25.0 Å². The molecular weight excluding hydrogens is 490 g/mol. The number of ketones is 2. The van der Waals surface area contributed by atoms with Crippen LogP contribution >= 0.6 is 0 Å². The second kappa shape index (κ2) is 13.2. The molecule has 6 nitrogen and oxygen atoms in total. The molecule has 0 spiro atoms. The number of aryl methyl sites for hydroxylation is 1. The molecule has 6 heteroatoms. The Morgan fingerprint density at radius 2 is 1.33 bits per heavy atom. The van der Waals surface area contributed by atoms with Crippen LogP contribution in [0.25, 0.3) is 21.8 Å². The Morgan fingerprint density at radius 1 is 0.718 bits per heavy atom. The van der Waals surface area contributed by atoms with E-state index in [9.17, 15) is 19.5 Å². The molecule has 0 amide bonds. The SMILES string of the molecule is CCCCCCCC(=O)c1ccc2c(c1)c1cc(C(=O)c3ccc(O)cc3)ccc1n2CCCC(=O)OCC. The maximum Gasteiger partial charge on any atom is 0.305 e. The van der Waals surface area contributed by atoms with Gasteiger partial charge in [-0.15, -0.1) is 0 Å². The number of benzene rings is 3. The van der Waals surface area contributed by atoms with Gasteiger partial charge in [-0.05, 0) is 80.4 Å². The molecular formula is C33H37NO5. The molecule has 0 aliphatic heterocycles. The van der Waals surface area contributed by atoms with Crippen molar-refractivity contribution in [1.29, 1.82) is 0 Å². The fraction of sp³-hybridized carbons (Fsp3) is 0.364. The van der Waals surface area contributed by atoms with Crippen molar-refractivity contribution in [2.75, 3.05) is 6.61 Å². The van der Waals surface area contributed by atoms with E-state index in [0.29, 0.717) is 49.1 Å². The fourth-order valence-electron chi connectivity index (χ4n) is 5.09. The first-order valence-corrected chi connectivity index (χ1v) is 14.0. The minimum Gasteiger partial charge on any atom is -0.508 e. The molecule has 39 heavy (non-hydrogen) atoms. The average Bonchev–Trinajstić information content (AvgIpc) is 3.25. The molecule has 204 valence electrons. The molecule has 0 aliphatic carbocycles. The third kappa shape index (κ3) is 6.75. The van der Waals surface area contributed by atoms with Gasteiger partial charge in [-0.25, -0.2) is 0 Å². The van der Waals surface area contributed by atoms with E-state index >= 15 is 0 Å². The lowest BCUT2D eigenvalue weighted by molar-refractivity contribution is -0.143. The minimum absolute atomic E-state index is 0.107. The Hall–Kier alpha value is -3.93. The van der Waals surface area contributed by atoms with Crippen molar-refractivity contribution in [3.63, 3.8) is 0 Å². The Kier molecular flexibility index (Phi) is 9.53. The first-order chi connectivity index (χ1) is 18.9. The van der Waals surface area contributed by atoms with Gasteiger partial charge in [0.05, 0.1) is 6.61 Å². The highest BCUT2D eigenvalue weighted by Gasteiger charge is 2.17. The highest BCUT2D eigenvalue weighted by atomic mass is 16.5. The van der Waals surface area contributed by atoms with Crippen molar-refractivity contribution >= 4 is 39.3 Å². The lowest BCUT2D eigenvalue weighted by Gasteiger charge is -2.08. The molecule has 0 fully saturated rings. The molecule has 1 N–H and O–H groups in total. The number of carbonyl (C=O) groups is 3. The number of Topliss-reactive ketones (excluding diaryl/α,β-unsaturated/α-hetero) is 1. The summed E-state index contributed by atoms with van der Waals surface area (Å²) in [6.07, 6.45) is 6.93. The fourth-order valence-corrected chi connectivity index (χ4v) is 5.09. The molecule has 0 saturated heterocycles. The summed E-state index contributed by atoms with van der Waals surface area (Å²) < 4.78 is 7.24. The maximum atomic E-state index is 13.2. The molecule has 0 radical (unpaired) electrons. The maximum absolute atomic E-state index is 13.2. The van der Waals surface area contributed by atoms with E-state index < -0.39 is 0 Å². The molecule has 0 saturated carbocycles. The van der Waals surface area contributed by atoms with Crippen molar-refractivity contribution < 1.29 is 24.2 Å². The zero-order valence-corrected chi connectivity index (χ0v) is 22.9. The molecule has 1 aromatic heterocycles. The van der Waals surface area contributed by atoms with Gasteiger partial charge in [0, 0.05) is 57.9 Å². The Bertz CT molecular complexity index is 1470. The van der Waals surface area contributed by atoms with Crippen molar-refractivity contribution in [2.24, 2.45) is 0 Å². The van der Waals surface area contributed by atoms with Crippen molar-refractivity contribution in [1.82, 2.24) is 4.57 Å². The number of hydrogen-bond acceptors (Lipinski definition) is 5. The Labute approximate surface area is 229 Å². The topological polar surface area (TPSA) is 85.6 Å². The number of aromatic nitrogens is 1. The van der Waals surface area contributed by atoms with Crippen LogP contribution in [-0.4, -0.2) is 33.8 Å². The summed E-state index contributed by atoms with van der Waals surface area (Å²) in [5, 5.41) is 11.4. The molecule has 4 rings (SSSR count). The van der Waals surface area contributed by atoms with Gasteiger partial charge in [0.25, 0.3) is 0 Å². The van der Waals surface area contributed by atoms with Crippen LogP contribution in [0, 0.1) is 0 Å². The summed E-state index contributed by atoms with van der Waals surface area (Å²) in [4.78, 5) is 38.2. The van der Waals surface area contributed by atoms with Crippen LogP contribution in [0.3, 0.4) is 0 Å². The van der Waals surface area contributed by atoms with Gasteiger partial charge < -0.3 is 14.4 Å². The molecule has 0 atom stereocenters. The zero-order chi connectivity index (χ0) is 27.8. The van der Waals surface area contributed by atoms with Crippen molar-refractivity contribution in [3.8, 4) is 5.75 Å². The third-order valence-electron chi connectivity index (χ3n) is 7.15. The first kappa shape index (κ1) is 28.1. The molecule has 1 heterocycles. The number of phenols is 1. The van der Waals surface area contributed by atoms with E-state index in [2.05, 4.69) is 11.5 Å². The first-order valence-electron chi connectivity index (χ1n) is 14.0. The van der Waals surface area contributed by atoms with E-state index in [0.717, 1.165) is 41.1 Å². The normalized spacial score (nSPS) is 11.2. The van der Waals surface area contributed by atoms with Crippen molar-refractivity contribution in [3.05, 3.63) is 77.4 Å². The number of esters is 1. The van der Waals surface area contributed by atoms with Gasteiger partial charge in [0.15, 0.2) is 11.6 Å². The molecule has 4 aromatic rings. The van der Waals surface area contributed by atoms with Gasteiger partial charge in [0.2, 0.25) is 0 Å². The summed E-state index contributed by atoms with van der Waals surface area (Å²) in [6, 6.07) is 17.7. The second-order valence-electron chi connectivity index (χ2n) is 9.99. The highest BCUT2D eigenvalue weighted by molar-refractivity contribution is 6.15. The van der Waals surface area contributed by atoms with Gasteiger partial charge in [0.1, 0.15) is 5.75 Å². The van der Waals surface area contributed by atoms with E-state index in [4.69, 9.17) is 4.74 Å². The lowest BCUT2D eigenvalue weighted by Crippen LogP contribution is -2.06. The molecule has 3 aromatic carbocycles. The number of carbonyl (C=O) groups excluding carboxylic acids is 3. The number of rotatable bonds is 14. The van der Waals surface area contributed by atoms with E-state index in [1.54, 1.807) is 25.1 Å². The molecule has 0 unspecified atom stereocenters. The van der Waals surface area contributed by atoms with Gasteiger partial charge in [-0.3, -0.25) is 14.4 Å². The standard InChI is InChI=1S/C33H37NO5/c1-3-5-6-7-8-10-31(36)24-14-18-29-27(21-24)28-22-25(33(38)23-12-16-26(35)17-13-23)15-19-30(28)34(29)20-9-11-32(37)39-4-2/h12-19,21-22,35H,3-11,20H2,1-2H3. The van der Waals surface area contributed by atoms with Crippen LogP contribution in [0.4, 0.5) is 0 Å². The van der Waals surface area contributed by atoms with Gasteiger partial charge >= 0.3 is 5.97 Å². The largest absolute Gasteiger partial charge is 0.508 e. The highest BCUT2D eigenvalue weighted by Crippen LogP contribution is 2.32. The molecule has 0 bridgehead atoms.